The molecule has 0 bridgehead atoms. The minimum Gasteiger partial charge on any atom is -0.327 e. The van der Waals surface area contributed by atoms with E-state index in [4.69, 9.17) is 5.73 Å². The summed E-state index contributed by atoms with van der Waals surface area (Å²) in [5.41, 5.74) is 8.97. The standard InChI is InChI=1S/C16H21N3/c1-2-16(9-6-10-16)19-12-18-11-14(19)15(17)13-7-4-3-5-8-13/h3-5,7-8,11-12,15H,2,6,9-10,17H2,1H3. The molecule has 2 aromatic rings. The Morgan fingerprint density at radius 1 is 1.32 bits per heavy atom. The van der Waals surface area contributed by atoms with Gasteiger partial charge in [0.15, 0.2) is 0 Å². The first-order valence-electron chi connectivity index (χ1n) is 7.10. The van der Waals surface area contributed by atoms with Gasteiger partial charge in [0.1, 0.15) is 0 Å². The molecule has 1 aromatic carbocycles. The summed E-state index contributed by atoms with van der Waals surface area (Å²) in [5, 5.41) is 0. The molecule has 1 aliphatic carbocycles. The molecule has 3 heteroatoms. The van der Waals surface area contributed by atoms with Gasteiger partial charge in [-0.15, -0.1) is 0 Å². The van der Waals surface area contributed by atoms with Gasteiger partial charge in [-0.05, 0) is 31.2 Å². The second kappa shape index (κ2) is 4.82. The van der Waals surface area contributed by atoms with Crippen LogP contribution < -0.4 is 5.73 Å². The molecule has 0 spiro atoms. The fourth-order valence-corrected chi connectivity index (χ4v) is 3.11. The summed E-state index contributed by atoms with van der Waals surface area (Å²) in [6.45, 7) is 2.26. The van der Waals surface area contributed by atoms with E-state index in [1.165, 1.54) is 19.3 Å². The first kappa shape index (κ1) is 12.4. The van der Waals surface area contributed by atoms with Crippen molar-refractivity contribution in [3.8, 4) is 0 Å². The molecule has 100 valence electrons. The Hall–Kier alpha value is -1.61. The quantitative estimate of drug-likeness (QED) is 0.911. The van der Waals surface area contributed by atoms with Crippen molar-refractivity contribution < 1.29 is 0 Å². The van der Waals surface area contributed by atoms with Crippen LogP contribution in [-0.4, -0.2) is 9.55 Å². The fraction of sp³-hybridized carbons (Fsp3) is 0.438. The molecule has 19 heavy (non-hydrogen) atoms. The highest BCUT2D eigenvalue weighted by Crippen LogP contribution is 2.43. The van der Waals surface area contributed by atoms with Crippen LogP contribution in [-0.2, 0) is 5.54 Å². The lowest BCUT2D eigenvalue weighted by Crippen LogP contribution is -2.41. The van der Waals surface area contributed by atoms with Crippen molar-refractivity contribution in [2.75, 3.05) is 0 Å². The van der Waals surface area contributed by atoms with Crippen LogP contribution in [0.15, 0.2) is 42.9 Å². The molecule has 1 atom stereocenters. The maximum absolute atomic E-state index is 6.43. The number of hydrogen-bond acceptors (Lipinski definition) is 2. The first-order valence-corrected chi connectivity index (χ1v) is 7.10. The Labute approximate surface area is 114 Å². The third-order valence-electron chi connectivity index (χ3n) is 4.60. The SMILES string of the molecule is CCC1(n2cncc2C(N)c2ccccc2)CCC1. The van der Waals surface area contributed by atoms with Gasteiger partial charge in [-0.1, -0.05) is 37.3 Å². The number of nitrogens with zero attached hydrogens (tertiary/aromatic N) is 2. The van der Waals surface area contributed by atoms with Gasteiger partial charge >= 0.3 is 0 Å². The molecule has 0 aliphatic heterocycles. The van der Waals surface area contributed by atoms with E-state index in [2.05, 4.69) is 28.6 Å². The molecular weight excluding hydrogens is 234 g/mol. The summed E-state index contributed by atoms with van der Waals surface area (Å²) in [4.78, 5) is 4.35. The smallest absolute Gasteiger partial charge is 0.0954 e. The van der Waals surface area contributed by atoms with Gasteiger partial charge in [-0.2, -0.15) is 0 Å². The van der Waals surface area contributed by atoms with Crippen LogP contribution in [0, 0.1) is 0 Å². The van der Waals surface area contributed by atoms with Crippen LogP contribution in [0.5, 0.6) is 0 Å². The van der Waals surface area contributed by atoms with Gasteiger partial charge in [0, 0.05) is 5.54 Å². The molecule has 0 saturated heterocycles. The monoisotopic (exact) mass is 255 g/mol. The zero-order valence-corrected chi connectivity index (χ0v) is 11.4. The van der Waals surface area contributed by atoms with Gasteiger partial charge < -0.3 is 10.3 Å². The van der Waals surface area contributed by atoms with Gasteiger partial charge in [0.25, 0.3) is 0 Å². The van der Waals surface area contributed by atoms with Crippen LogP contribution in [0.3, 0.4) is 0 Å². The van der Waals surface area contributed by atoms with E-state index >= 15 is 0 Å². The Bertz CT molecular complexity index is 535. The van der Waals surface area contributed by atoms with Crippen molar-refractivity contribution in [3.63, 3.8) is 0 Å². The molecule has 1 saturated carbocycles. The van der Waals surface area contributed by atoms with Gasteiger partial charge in [-0.25, -0.2) is 4.98 Å². The maximum Gasteiger partial charge on any atom is 0.0954 e. The lowest BCUT2D eigenvalue weighted by atomic mass is 9.74. The number of benzene rings is 1. The number of nitrogens with two attached hydrogens (primary N) is 1. The molecule has 3 rings (SSSR count). The minimum absolute atomic E-state index is 0.0901. The molecule has 0 radical (unpaired) electrons. The molecule has 1 aromatic heterocycles. The third kappa shape index (κ3) is 1.98. The van der Waals surface area contributed by atoms with Crippen LogP contribution >= 0.6 is 0 Å². The number of hydrogen-bond donors (Lipinski definition) is 1. The van der Waals surface area contributed by atoms with E-state index in [0.717, 1.165) is 17.7 Å². The average Bonchev–Trinajstić information content (AvgIpc) is 2.88. The van der Waals surface area contributed by atoms with Crippen molar-refractivity contribution in [1.82, 2.24) is 9.55 Å². The van der Waals surface area contributed by atoms with E-state index in [0.29, 0.717) is 0 Å². The van der Waals surface area contributed by atoms with Crippen LogP contribution in [0.4, 0.5) is 0 Å². The van der Waals surface area contributed by atoms with Crippen molar-refractivity contribution in [1.29, 1.82) is 0 Å². The topological polar surface area (TPSA) is 43.8 Å². The van der Waals surface area contributed by atoms with Gasteiger partial charge in [0.05, 0.1) is 24.3 Å². The van der Waals surface area contributed by atoms with Crippen LogP contribution in [0.1, 0.15) is 49.9 Å². The predicted molar refractivity (Wildman–Crippen MR) is 76.8 cm³/mol. The second-order valence-electron chi connectivity index (χ2n) is 5.51. The van der Waals surface area contributed by atoms with E-state index < -0.39 is 0 Å². The third-order valence-corrected chi connectivity index (χ3v) is 4.60. The molecule has 1 heterocycles. The summed E-state index contributed by atoms with van der Waals surface area (Å²) in [6.07, 6.45) is 8.83. The second-order valence-corrected chi connectivity index (χ2v) is 5.51. The summed E-state index contributed by atoms with van der Waals surface area (Å²) < 4.78 is 2.33. The molecule has 1 unspecified atom stereocenters. The average molecular weight is 255 g/mol. The zero-order chi connectivity index (χ0) is 13.3. The molecule has 1 aliphatic rings. The van der Waals surface area contributed by atoms with Gasteiger partial charge in [-0.3, -0.25) is 0 Å². The molecule has 1 fully saturated rings. The van der Waals surface area contributed by atoms with E-state index in [1.54, 1.807) is 0 Å². The van der Waals surface area contributed by atoms with Gasteiger partial charge in [0.2, 0.25) is 0 Å². The van der Waals surface area contributed by atoms with Crippen LogP contribution in [0.25, 0.3) is 0 Å². The predicted octanol–water partition coefficient (Wildman–Crippen LogP) is 3.22. The normalized spacial score (nSPS) is 18.8. The van der Waals surface area contributed by atoms with E-state index in [9.17, 15) is 0 Å². The van der Waals surface area contributed by atoms with E-state index in [-0.39, 0.29) is 11.6 Å². The lowest BCUT2D eigenvalue weighted by Gasteiger charge is -2.44. The largest absolute Gasteiger partial charge is 0.327 e. The highest BCUT2D eigenvalue weighted by atomic mass is 15.1. The summed E-state index contributed by atoms with van der Waals surface area (Å²) in [7, 11) is 0. The molecule has 2 N–H and O–H groups in total. The number of imidazole rings is 1. The van der Waals surface area contributed by atoms with Crippen molar-refractivity contribution in [3.05, 3.63) is 54.1 Å². The molecular formula is C16H21N3. The first-order chi connectivity index (χ1) is 9.27. The highest BCUT2D eigenvalue weighted by molar-refractivity contribution is 5.27. The Morgan fingerprint density at radius 2 is 2.05 bits per heavy atom. The summed E-state index contributed by atoms with van der Waals surface area (Å²) >= 11 is 0. The van der Waals surface area contributed by atoms with E-state index in [1.807, 2.05) is 30.7 Å². The number of rotatable bonds is 4. The summed E-state index contributed by atoms with van der Waals surface area (Å²) in [5.74, 6) is 0. The molecule has 3 nitrogen and oxygen atoms in total. The van der Waals surface area contributed by atoms with Crippen LogP contribution in [0.2, 0.25) is 0 Å². The lowest BCUT2D eigenvalue weighted by molar-refractivity contribution is 0.131. The minimum atomic E-state index is -0.0901. The fourth-order valence-electron chi connectivity index (χ4n) is 3.11. The zero-order valence-electron chi connectivity index (χ0n) is 11.4. The van der Waals surface area contributed by atoms with Crippen molar-refractivity contribution >= 4 is 0 Å². The number of aromatic nitrogens is 2. The molecule has 0 amide bonds. The Balaban J connectivity index is 1.96. The summed E-state index contributed by atoms with van der Waals surface area (Å²) in [6, 6.07) is 10.2. The Kier molecular flexibility index (Phi) is 3.15. The van der Waals surface area contributed by atoms with Crippen molar-refractivity contribution in [2.45, 2.75) is 44.2 Å². The Morgan fingerprint density at radius 3 is 2.63 bits per heavy atom. The maximum atomic E-state index is 6.43. The highest BCUT2D eigenvalue weighted by Gasteiger charge is 2.38. The van der Waals surface area contributed by atoms with Crippen molar-refractivity contribution in [2.24, 2.45) is 5.73 Å².